The molecule has 2 heterocycles. The van der Waals surface area contributed by atoms with Crippen LogP contribution in [-0.2, 0) is 15.8 Å². The van der Waals surface area contributed by atoms with E-state index in [0.29, 0.717) is 17.2 Å². The molecule has 3 aromatic rings. The predicted molar refractivity (Wildman–Crippen MR) is 121 cm³/mol. The van der Waals surface area contributed by atoms with Gasteiger partial charge in [0.05, 0.1) is 16.8 Å². The lowest BCUT2D eigenvalue weighted by molar-refractivity contribution is -0.119. The van der Waals surface area contributed by atoms with E-state index in [4.69, 9.17) is 0 Å². The monoisotopic (exact) mass is 469 g/mol. The van der Waals surface area contributed by atoms with Crippen molar-refractivity contribution in [2.24, 2.45) is 0 Å². The molecule has 0 spiro atoms. The number of benzene rings is 2. The highest BCUT2D eigenvalue weighted by Gasteiger charge is 2.21. The van der Waals surface area contributed by atoms with Gasteiger partial charge >= 0.3 is 0 Å². The van der Waals surface area contributed by atoms with Gasteiger partial charge in [-0.15, -0.1) is 4.83 Å². The summed E-state index contributed by atoms with van der Waals surface area (Å²) in [5.74, 6) is -0.792. The van der Waals surface area contributed by atoms with Gasteiger partial charge in [-0.25, -0.2) is 13.3 Å². The number of aryl methyl sites for hydroxylation is 1. The average molecular weight is 470 g/mol. The van der Waals surface area contributed by atoms with Crippen LogP contribution in [0.1, 0.15) is 40.2 Å². The van der Waals surface area contributed by atoms with Crippen LogP contribution in [-0.4, -0.2) is 44.3 Å². The molecule has 10 heteroatoms. The van der Waals surface area contributed by atoms with Gasteiger partial charge in [0.25, 0.3) is 5.91 Å². The van der Waals surface area contributed by atoms with Crippen molar-refractivity contribution < 1.29 is 18.2 Å². The Morgan fingerprint density at radius 3 is 2.70 bits per heavy atom. The highest BCUT2D eigenvalue weighted by atomic mass is 32.2. The van der Waals surface area contributed by atoms with Gasteiger partial charge in [0.2, 0.25) is 6.41 Å². The number of hydrazine groups is 1. The predicted octanol–water partition coefficient (Wildman–Crippen LogP) is 2.61. The molecule has 8 nitrogen and oxygen atoms in total. The fraction of sp³-hybridized carbons (Fsp3) is 0.261. The number of nitrogens with zero attached hydrogens (tertiary/aromatic N) is 3. The zero-order chi connectivity index (χ0) is 23.4. The van der Waals surface area contributed by atoms with Gasteiger partial charge in [0.15, 0.2) is 0 Å². The van der Waals surface area contributed by atoms with Crippen LogP contribution < -0.4 is 10.3 Å². The minimum absolute atomic E-state index is 0.0502. The zero-order valence-corrected chi connectivity index (χ0v) is 18.8. The summed E-state index contributed by atoms with van der Waals surface area (Å²) in [5, 5.41) is 4.46. The van der Waals surface area contributed by atoms with E-state index in [9.17, 15) is 18.2 Å². The standard InChI is InChI=1S/C23H24FN5O3S/c1-16-10-18(23(31)26-27-33(32)22-5-3-2-4-21(22)24)12-20(11-16)29-14-19(13-25-29)17-6-8-28(15-30)9-7-17/h2-5,10-15,17,27H,6-9H2,1H3,(H,26,31). The molecule has 2 N–H and O–H groups in total. The number of hydrogen-bond acceptors (Lipinski definition) is 4. The van der Waals surface area contributed by atoms with Crippen molar-refractivity contribution in [1.82, 2.24) is 24.9 Å². The van der Waals surface area contributed by atoms with Crippen LogP contribution in [0.15, 0.2) is 59.8 Å². The average Bonchev–Trinajstić information content (AvgIpc) is 3.33. The molecule has 4 rings (SSSR count). The van der Waals surface area contributed by atoms with Crippen molar-refractivity contribution in [2.45, 2.75) is 30.6 Å². The molecule has 1 atom stereocenters. The Bertz CT molecular complexity index is 1190. The van der Waals surface area contributed by atoms with Crippen molar-refractivity contribution in [3.63, 3.8) is 0 Å². The highest BCUT2D eigenvalue weighted by Crippen LogP contribution is 2.28. The SMILES string of the molecule is Cc1cc(C(=O)NNS(=O)c2ccccc2F)cc(-n2cc(C3CCN(C=O)CC3)cn2)c1. The summed E-state index contributed by atoms with van der Waals surface area (Å²) in [6.45, 7) is 3.33. The van der Waals surface area contributed by atoms with Crippen LogP contribution in [0.3, 0.4) is 0 Å². The lowest BCUT2D eigenvalue weighted by atomic mass is 9.92. The molecule has 0 radical (unpaired) electrons. The smallest absolute Gasteiger partial charge is 0.266 e. The van der Waals surface area contributed by atoms with Crippen LogP contribution in [0.5, 0.6) is 0 Å². The molecule has 33 heavy (non-hydrogen) atoms. The number of piperidine rings is 1. The molecular formula is C23H24FN5O3S. The molecule has 172 valence electrons. The number of nitrogens with one attached hydrogen (secondary N) is 2. The molecule has 1 saturated heterocycles. The van der Waals surface area contributed by atoms with E-state index in [1.807, 2.05) is 25.4 Å². The Balaban J connectivity index is 1.45. The molecule has 0 aliphatic carbocycles. The number of likely N-dealkylation sites (tertiary alicyclic amines) is 1. The Morgan fingerprint density at radius 2 is 1.97 bits per heavy atom. The Labute approximate surface area is 193 Å². The summed E-state index contributed by atoms with van der Waals surface area (Å²) in [6.07, 6.45) is 6.43. The lowest BCUT2D eigenvalue weighted by Gasteiger charge is -2.28. The molecule has 2 aromatic carbocycles. The summed E-state index contributed by atoms with van der Waals surface area (Å²) in [5.41, 5.74) is 5.38. The minimum Gasteiger partial charge on any atom is -0.345 e. The normalized spacial score (nSPS) is 15.3. The maximum Gasteiger partial charge on any atom is 0.266 e. The van der Waals surface area contributed by atoms with Gasteiger partial charge in [-0.1, -0.05) is 12.1 Å². The van der Waals surface area contributed by atoms with Gasteiger partial charge in [-0.3, -0.25) is 15.0 Å². The molecule has 1 aliphatic heterocycles. The third-order valence-corrected chi connectivity index (χ3v) is 6.65. The van der Waals surface area contributed by atoms with E-state index >= 15 is 0 Å². The van der Waals surface area contributed by atoms with E-state index in [2.05, 4.69) is 15.4 Å². The molecule has 1 aromatic heterocycles. The minimum atomic E-state index is -1.94. The van der Waals surface area contributed by atoms with Crippen molar-refractivity contribution in [3.8, 4) is 5.69 Å². The third-order valence-electron chi connectivity index (χ3n) is 5.64. The Morgan fingerprint density at radius 1 is 1.21 bits per heavy atom. The van der Waals surface area contributed by atoms with Crippen LogP contribution in [0.4, 0.5) is 4.39 Å². The molecule has 1 unspecified atom stereocenters. The summed E-state index contributed by atoms with van der Waals surface area (Å²) >= 11 is 0. The molecule has 0 bridgehead atoms. The molecule has 2 amide bonds. The molecule has 1 fully saturated rings. The first kappa shape index (κ1) is 22.8. The number of halogens is 1. The molecule has 0 saturated carbocycles. The largest absolute Gasteiger partial charge is 0.345 e. The second-order valence-electron chi connectivity index (χ2n) is 7.95. The quantitative estimate of drug-likeness (QED) is 0.411. The van der Waals surface area contributed by atoms with Gasteiger partial charge in [0.1, 0.15) is 16.8 Å². The van der Waals surface area contributed by atoms with Crippen molar-refractivity contribution in [2.75, 3.05) is 13.1 Å². The van der Waals surface area contributed by atoms with E-state index in [1.54, 1.807) is 27.8 Å². The number of aromatic nitrogens is 2. The number of carbonyl (C=O) groups is 2. The number of rotatable bonds is 7. The Kier molecular flexibility index (Phi) is 6.95. The van der Waals surface area contributed by atoms with Crippen LogP contribution in [0.2, 0.25) is 0 Å². The first-order valence-corrected chi connectivity index (χ1v) is 11.7. The summed E-state index contributed by atoms with van der Waals surface area (Å²) < 4.78 is 27.8. The van der Waals surface area contributed by atoms with Gasteiger partial charge in [-0.05, 0) is 67.1 Å². The first-order valence-electron chi connectivity index (χ1n) is 10.5. The second-order valence-corrected chi connectivity index (χ2v) is 9.13. The van der Waals surface area contributed by atoms with Gasteiger partial charge in [0, 0.05) is 24.8 Å². The lowest BCUT2D eigenvalue weighted by Crippen LogP contribution is -2.38. The molecular weight excluding hydrogens is 445 g/mol. The second kappa shape index (κ2) is 10.1. The van der Waals surface area contributed by atoms with Crippen LogP contribution in [0, 0.1) is 12.7 Å². The topological polar surface area (TPSA) is 96.3 Å². The van der Waals surface area contributed by atoms with Crippen LogP contribution >= 0.6 is 0 Å². The molecule has 1 aliphatic rings. The fourth-order valence-corrected chi connectivity index (χ4v) is 4.61. The number of carbonyl (C=O) groups excluding carboxylic acids is 2. The Hall–Kier alpha value is -3.37. The number of amides is 2. The van der Waals surface area contributed by atoms with Gasteiger partial charge < -0.3 is 4.90 Å². The third kappa shape index (κ3) is 5.35. The van der Waals surface area contributed by atoms with E-state index in [-0.39, 0.29) is 4.90 Å². The zero-order valence-electron chi connectivity index (χ0n) is 18.0. The number of hydrogen-bond donors (Lipinski definition) is 2. The van der Waals surface area contributed by atoms with Crippen molar-refractivity contribution >= 4 is 23.3 Å². The van der Waals surface area contributed by atoms with Crippen molar-refractivity contribution in [3.05, 3.63) is 77.4 Å². The fourth-order valence-electron chi connectivity index (χ4n) is 3.87. The van der Waals surface area contributed by atoms with Gasteiger partial charge in [-0.2, -0.15) is 5.10 Å². The first-order chi connectivity index (χ1) is 15.9. The summed E-state index contributed by atoms with van der Waals surface area (Å²) in [4.78, 5) is 27.6. The maximum atomic E-state index is 13.8. The summed E-state index contributed by atoms with van der Waals surface area (Å²) in [6, 6.07) is 10.9. The van der Waals surface area contributed by atoms with Crippen LogP contribution in [0.25, 0.3) is 5.69 Å². The maximum absolute atomic E-state index is 13.8. The van der Waals surface area contributed by atoms with Crippen molar-refractivity contribution in [1.29, 1.82) is 0 Å². The van der Waals surface area contributed by atoms with E-state index in [1.165, 1.54) is 18.2 Å². The summed E-state index contributed by atoms with van der Waals surface area (Å²) in [7, 11) is -1.94. The highest BCUT2D eigenvalue weighted by molar-refractivity contribution is 7.83. The van der Waals surface area contributed by atoms with E-state index < -0.39 is 22.7 Å². The van der Waals surface area contributed by atoms with E-state index in [0.717, 1.165) is 43.5 Å².